The van der Waals surface area contributed by atoms with E-state index in [0.717, 1.165) is 17.5 Å². The maximum atomic E-state index is 12.1. The molecule has 0 saturated heterocycles. The second-order valence-electron chi connectivity index (χ2n) is 4.86. The summed E-state index contributed by atoms with van der Waals surface area (Å²) in [5.41, 5.74) is 0.927. The first-order valence-corrected chi connectivity index (χ1v) is 6.96. The third-order valence-electron chi connectivity index (χ3n) is 3.67. The summed E-state index contributed by atoms with van der Waals surface area (Å²) < 4.78 is 3.20. The number of hydrogen-bond acceptors (Lipinski definition) is 2. The second-order valence-corrected chi connectivity index (χ2v) is 5.42. The van der Waals surface area contributed by atoms with Crippen molar-refractivity contribution >= 4 is 21.6 Å². The zero-order chi connectivity index (χ0) is 11.9. The highest BCUT2D eigenvalue weighted by Crippen LogP contribution is 2.43. The molecule has 0 atom stereocenters. The summed E-state index contributed by atoms with van der Waals surface area (Å²) in [6.45, 7) is 0.721. The van der Waals surface area contributed by atoms with Crippen molar-refractivity contribution < 1.29 is 0 Å². The first-order chi connectivity index (χ1) is 8.24. The van der Waals surface area contributed by atoms with E-state index in [-0.39, 0.29) is 11.1 Å². The Morgan fingerprint density at radius 1 is 1.41 bits per heavy atom. The first kappa shape index (κ1) is 11.0. The van der Waals surface area contributed by atoms with Gasteiger partial charge in [-0.3, -0.25) is 4.40 Å². The Bertz CT molecular complexity index is 592. The van der Waals surface area contributed by atoms with Crippen LogP contribution in [0.25, 0.3) is 5.65 Å². The molecule has 0 bridgehead atoms. The van der Waals surface area contributed by atoms with Gasteiger partial charge in [-0.15, -0.1) is 5.10 Å². The van der Waals surface area contributed by atoms with Gasteiger partial charge in [0.05, 0.1) is 6.54 Å². The Hall–Kier alpha value is -1.10. The molecule has 0 spiro atoms. The SMILES string of the molecule is O=c1n(CC2(CBr)CCC2)nc2ccccn12. The van der Waals surface area contributed by atoms with Crippen LogP contribution in [-0.4, -0.2) is 19.5 Å². The highest BCUT2D eigenvalue weighted by molar-refractivity contribution is 9.09. The lowest BCUT2D eigenvalue weighted by molar-refractivity contribution is 0.132. The van der Waals surface area contributed by atoms with Crippen molar-refractivity contribution in [2.24, 2.45) is 5.41 Å². The molecule has 0 amide bonds. The molecule has 1 saturated carbocycles. The van der Waals surface area contributed by atoms with Crippen molar-refractivity contribution in [3.05, 3.63) is 34.9 Å². The van der Waals surface area contributed by atoms with Crippen LogP contribution in [-0.2, 0) is 6.54 Å². The number of hydrogen-bond donors (Lipinski definition) is 0. The molecule has 0 radical (unpaired) electrons. The number of rotatable bonds is 3. The van der Waals surface area contributed by atoms with Gasteiger partial charge >= 0.3 is 5.69 Å². The van der Waals surface area contributed by atoms with E-state index in [1.165, 1.54) is 19.3 Å². The Morgan fingerprint density at radius 3 is 2.82 bits per heavy atom. The third kappa shape index (κ3) is 1.73. The molecule has 2 aromatic rings. The highest BCUT2D eigenvalue weighted by Gasteiger charge is 2.37. The quantitative estimate of drug-likeness (QED) is 0.813. The smallest absolute Gasteiger partial charge is 0.250 e. The van der Waals surface area contributed by atoms with E-state index in [4.69, 9.17) is 0 Å². The maximum Gasteiger partial charge on any atom is 0.350 e. The van der Waals surface area contributed by atoms with Gasteiger partial charge in [0.1, 0.15) is 0 Å². The van der Waals surface area contributed by atoms with Crippen LogP contribution in [0.5, 0.6) is 0 Å². The van der Waals surface area contributed by atoms with Crippen LogP contribution in [0.15, 0.2) is 29.2 Å². The van der Waals surface area contributed by atoms with Crippen LogP contribution in [0.1, 0.15) is 19.3 Å². The molecule has 5 heteroatoms. The monoisotopic (exact) mass is 295 g/mol. The summed E-state index contributed by atoms with van der Waals surface area (Å²) in [6, 6.07) is 5.61. The van der Waals surface area contributed by atoms with Crippen molar-refractivity contribution in [1.29, 1.82) is 0 Å². The molecule has 1 aliphatic carbocycles. The number of pyridine rings is 1. The van der Waals surface area contributed by atoms with Crippen molar-refractivity contribution in [3.8, 4) is 0 Å². The van der Waals surface area contributed by atoms with E-state index in [1.54, 1.807) is 15.3 Å². The normalized spacial score (nSPS) is 18.2. The lowest BCUT2D eigenvalue weighted by Crippen LogP contribution is -2.39. The van der Waals surface area contributed by atoms with E-state index < -0.39 is 0 Å². The lowest BCUT2D eigenvalue weighted by Gasteiger charge is -2.39. The topological polar surface area (TPSA) is 39.3 Å². The van der Waals surface area contributed by atoms with Crippen molar-refractivity contribution in [3.63, 3.8) is 0 Å². The van der Waals surface area contributed by atoms with Crippen molar-refractivity contribution in [1.82, 2.24) is 14.2 Å². The fraction of sp³-hybridized carbons (Fsp3) is 0.500. The molecular formula is C12H14BrN3O. The second kappa shape index (κ2) is 3.98. The van der Waals surface area contributed by atoms with Gasteiger partial charge in [-0.2, -0.15) is 0 Å². The van der Waals surface area contributed by atoms with Crippen LogP contribution in [0.2, 0.25) is 0 Å². The van der Waals surface area contributed by atoms with Gasteiger partial charge in [0, 0.05) is 11.5 Å². The zero-order valence-electron chi connectivity index (χ0n) is 9.47. The highest BCUT2D eigenvalue weighted by atomic mass is 79.9. The van der Waals surface area contributed by atoms with Gasteiger partial charge < -0.3 is 0 Å². The van der Waals surface area contributed by atoms with Gasteiger partial charge in [-0.25, -0.2) is 9.48 Å². The van der Waals surface area contributed by atoms with Gasteiger partial charge in [-0.05, 0) is 30.4 Å². The predicted molar refractivity (Wildman–Crippen MR) is 69.5 cm³/mol. The van der Waals surface area contributed by atoms with Gasteiger partial charge in [0.15, 0.2) is 5.65 Å². The van der Waals surface area contributed by atoms with Crippen LogP contribution < -0.4 is 5.69 Å². The third-order valence-corrected chi connectivity index (χ3v) is 4.86. The molecule has 3 rings (SSSR count). The Balaban J connectivity index is 2.01. The Morgan fingerprint density at radius 2 is 2.24 bits per heavy atom. The molecule has 0 N–H and O–H groups in total. The largest absolute Gasteiger partial charge is 0.350 e. The van der Waals surface area contributed by atoms with Gasteiger partial charge in [0.2, 0.25) is 0 Å². The molecule has 1 fully saturated rings. The van der Waals surface area contributed by atoms with Crippen molar-refractivity contribution in [2.45, 2.75) is 25.8 Å². The minimum Gasteiger partial charge on any atom is -0.250 e. The number of fused-ring (bicyclic) bond motifs is 1. The van der Waals surface area contributed by atoms with E-state index in [2.05, 4.69) is 21.0 Å². The Labute approximate surface area is 107 Å². The molecule has 0 aromatic carbocycles. The predicted octanol–water partition coefficient (Wildman–Crippen LogP) is 2.06. The van der Waals surface area contributed by atoms with Crippen LogP contribution in [0, 0.1) is 5.41 Å². The first-order valence-electron chi connectivity index (χ1n) is 5.84. The molecule has 0 aliphatic heterocycles. The molecule has 17 heavy (non-hydrogen) atoms. The van der Waals surface area contributed by atoms with Gasteiger partial charge in [-0.1, -0.05) is 28.4 Å². The zero-order valence-corrected chi connectivity index (χ0v) is 11.1. The molecule has 1 aliphatic rings. The van der Waals surface area contributed by atoms with E-state index in [0.29, 0.717) is 0 Å². The van der Waals surface area contributed by atoms with E-state index >= 15 is 0 Å². The average molecular weight is 296 g/mol. The lowest BCUT2D eigenvalue weighted by atomic mass is 9.70. The maximum absolute atomic E-state index is 12.1. The molecule has 90 valence electrons. The minimum atomic E-state index is -0.0344. The molecule has 2 heterocycles. The Kier molecular flexibility index (Phi) is 2.58. The summed E-state index contributed by atoms with van der Waals surface area (Å²) in [4.78, 5) is 12.1. The average Bonchev–Trinajstić information content (AvgIpc) is 2.62. The molecule has 0 unspecified atom stereocenters. The summed E-state index contributed by atoms with van der Waals surface area (Å²) in [5, 5.41) is 5.32. The number of halogens is 1. The van der Waals surface area contributed by atoms with Gasteiger partial charge in [0.25, 0.3) is 0 Å². The summed E-state index contributed by atoms with van der Waals surface area (Å²) in [5.74, 6) is 0. The summed E-state index contributed by atoms with van der Waals surface area (Å²) >= 11 is 3.56. The van der Waals surface area contributed by atoms with E-state index in [9.17, 15) is 4.79 Å². The van der Waals surface area contributed by atoms with Crippen LogP contribution >= 0.6 is 15.9 Å². The molecule has 2 aromatic heterocycles. The molecular weight excluding hydrogens is 282 g/mol. The van der Waals surface area contributed by atoms with Crippen molar-refractivity contribution in [2.75, 3.05) is 5.33 Å². The minimum absolute atomic E-state index is 0.0344. The summed E-state index contributed by atoms with van der Waals surface area (Å²) in [7, 11) is 0. The molecule has 4 nitrogen and oxygen atoms in total. The van der Waals surface area contributed by atoms with E-state index in [1.807, 2.05) is 18.2 Å². The number of aromatic nitrogens is 3. The van der Waals surface area contributed by atoms with Crippen LogP contribution in [0.3, 0.4) is 0 Å². The number of nitrogens with zero attached hydrogens (tertiary/aromatic N) is 3. The van der Waals surface area contributed by atoms with Crippen LogP contribution in [0.4, 0.5) is 0 Å². The summed E-state index contributed by atoms with van der Waals surface area (Å²) in [6.07, 6.45) is 5.38. The number of alkyl halides is 1. The fourth-order valence-electron chi connectivity index (χ4n) is 2.40. The fourth-order valence-corrected chi connectivity index (χ4v) is 3.14. The standard InChI is InChI=1S/C12H14BrN3O/c13-8-12(5-3-6-12)9-16-11(17)15-7-2-1-4-10(15)14-16/h1-2,4,7H,3,5-6,8-9H2.